The summed E-state index contributed by atoms with van der Waals surface area (Å²) in [6, 6.07) is 7.26. The van der Waals surface area contributed by atoms with Gasteiger partial charge in [0.05, 0.1) is 12.7 Å². The van der Waals surface area contributed by atoms with Crippen molar-refractivity contribution in [3.63, 3.8) is 0 Å². The zero-order chi connectivity index (χ0) is 26.8. The first kappa shape index (κ1) is 32.2. The highest BCUT2D eigenvalue weighted by Gasteiger charge is 2.30. The molecule has 0 spiro atoms. The minimum absolute atomic E-state index is 0.00641. The molecule has 7 heteroatoms. The van der Waals surface area contributed by atoms with Gasteiger partial charge in [0.2, 0.25) is 0 Å². The van der Waals surface area contributed by atoms with Crippen LogP contribution in [-0.2, 0) is 4.74 Å². The first-order valence-electron chi connectivity index (χ1n) is 13.9. The summed E-state index contributed by atoms with van der Waals surface area (Å²) in [5.74, 6) is 2.30. The van der Waals surface area contributed by atoms with Gasteiger partial charge in [0.25, 0.3) is 0 Å². The van der Waals surface area contributed by atoms with Gasteiger partial charge in [0, 0.05) is 38.3 Å². The lowest BCUT2D eigenvalue weighted by atomic mass is 9.88. The SMILES string of the molecule is CCCCOC.CNCCCC(C)C.NC(=O)N1CCCC(C(O)c2ccccc2OCC2CC2)C1. The fourth-order valence-corrected chi connectivity index (χ4v) is 4.05. The zero-order valence-corrected chi connectivity index (χ0v) is 23.5. The van der Waals surface area contributed by atoms with Crippen molar-refractivity contribution in [2.24, 2.45) is 23.5 Å². The molecule has 2 unspecified atom stereocenters. The number of rotatable bonds is 12. The second-order valence-electron chi connectivity index (χ2n) is 10.4. The monoisotopic (exact) mass is 507 g/mol. The summed E-state index contributed by atoms with van der Waals surface area (Å²) in [5.41, 5.74) is 6.19. The Morgan fingerprint density at radius 1 is 1.22 bits per heavy atom. The van der Waals surface area contributed by atoms with Crippen molar-refractivity contribution in [2.75, 3.05) is 47.0 Å². The average molecular weight is 508 g/mol. The topological polar surface area (TPSA) is 97.0 Å². The number of primary amides is 1. The van der Waals surface area contributed by atoms with Crippen molar-refractivity contribution in [1.82, 2.24) is 10.2 Å². The maximum atomic E-state index is 11.4. The van der Waals surface area contributed by atoms with Crippen LogP contribution in [0.25, 0.3) is 0 Å². The number of nitrogens with zero attached hydrogens (tertiary/aromatic N) is 1. The number of likely N-dealkylation sites (tertiary alicyclic amines) is 1. The molecule has 1 aliphatic heterocycles. The van der Waals surface area contributed by atoms with Gasteiger partial charge in [0.1, 0.15) is 5.75 Å². The van der Waals surface area contributed by atoms with Crippen molar-refractivity contribution < 1.29 is 19.4 Å². The van der Waals surface area contributed by atoms with Crippen LogP contribution in [0, 0.1) is 17.8 Å². The van der Waals surface area contributed by atoms with Crippen LogP contribution in [0.1, 0.15) is 83.8 Å². The van der Waals surface area contributed by atoms with E-state index < -0.39 is 12.1 Å². The number of nitrogens with one attached hydrogen (secondary N) is 1. The van der Waals surface area contributed by atoms with E-state index in [1.807, 2.05) is 31.3 Å². The van der Waals surface area contributed by atoms with E-state index in [9.17, 15) is 9.90 Å². The summed E-state index contributed by atoms with van der Waals surface area (Å²) < 4.78 is 10.7. The van der Waals surface area contributed by atoms with Crippen molar-refractivity contribution in [3.05, 3.63) is 29.8 Å². The predicted molar refractivity (Wildman–Crippen MR) is 148 cm³/mol. The molecule has 2 amide bonds. The zero-order valence-electron chi connectivity index (χ0n) is 23.5. The van der Waals surface area contributed by atoms with E-state index in [0.29, 0.717) is 19.0 Å². The highest BCUT2D eigenvalue weighted by molar-refractivity contribution is 5.72. The molecular weight excluding hydrogens is 454 g/mol. The molecule has 1 aromatic rings. The van der Waals surface area contributed by atoms with Crippen molar-refractivity contribution in [1.29, 1.82) is 0 Å². The molecule has 7 nitrogen and oxygen atoms in total. The molecule has 2 fully saturated rings. The number of para-hydroxylation sites is 1. The van der Waals surface area contributed by atoms with Crippen LogP contribution in [0.5, 0.6) is 5.75 Å². The van der Waals surface area contributed by atoms with E-state index in [0.717, 1.165) is 49.8 Å². The van der Waals surface area contributed by atoms with Gasteiger partial charge in [-0.2, -0.15) is 0 Å². The number of benzene rings is 1. The Bertz CT molecular complexity index is 693. The molecule has 1 aliphatic carbocycles. The Labute approximate surface area is 220 Å². The summed E-state index contributed by atoms with van der Waals surface area (Å²) in [7, 11) is 3.73. The van der Waals surface area contributed by atoms with Crippen LogP contribution in [0.15, 0.2) is 24.3 Å². The maximum absolute atomic E-state index is 11.4. The highest BCUT2D eigenvalue weighted by atomic mass is 16.5. The van der Waals surface area contributed by atoms with Crippen LogP contribution < -0.4 is 15.8 Å². The van der Waals surface area contributed by atoms with Gasteiger partial charge in [-0.3, -0.25) is 0 Å². The number of aliphatic hydroxyl groups is 1. The number of hydrogen-bond acceptors (Lipinski definition) is 5. The van der Waals surface area contributed by atoms with E-state index in [4.69, 9.17) is 15.2 Å². The summed E-state index contributed by atoms with van der Waals surface area (Å²) >= 11 is 0. The van der Waals surface area contributed by atoms with E-state index in [-0.39, 0.29) is 5.92 Å². The number of urea groups is 1. The average Bonchev–Trinajstić information content (AvgIpc) is 3.71. The van der Waals surface area contributed by atoms with Crippen LogP contribution >= 0.6 is 0 Å². The smallest absolute Gasteiger partial charge is 0.314 e. The van der Waals surface area contributed by atoms with Crippen LogP contribution in [0.3, 0.4) is 0 Å². The molecule has 0 aromatic heterocycles. The fraction of sp³-hybridized carbons (Fsp3) is 0.759. The van der Waals surface area contributed by atoms with Gasteiger partial charge in [-0.05, 0) is 76.4 Å². The molecule has 0 bridgehead atoms. The van der Waals surface area contributed by atoms with Crippen LogP contribution in [0.4, 0.5) is 4.79 Å². The molecule has 2 atom stereocenters. The molecule has 1 aromatic carbocycles. The number of piperidine rings is 1. The summed E-state index contributed by atoms with van der Waals surface area (Å²) in [4.78, 5) is 13.0. The Morgan fingerprint density at radius 2 is 1.94 bits per heavy atom. The number of amides is 2. The number of methoxy groups -OCH3 is 1. The Kier molecular flexibility index (Phi) is 17.3. The summed E-state index contributed by atoms with van der Waals surface area (Å²) in [6.45, 7) is 10.7. The molecule has 0 radical (unpaired) electrons. The van der Waals surface area contributed by atoms with Crippen molar-refractivity contribution in [3.8, 4) is 5.75 Å². The van der Waals surface area contributed by atoms with E-state index in [1.165, 1.54) is 38.5 Å². The number of unbranched alkanes of at least 4 members (excludes halogenated alkanes) is 1. The van der Waals surface area contributed by atoms with Crippen LogP contribution in [0.2, 0.25) is 0 Å². The number of hydrogen-bond donors (Lipinski definition) is 3. The second-order valence-corrected chi connectivity index (χ2v) is 10.4. The van der Waals surface area contributed by atoms with Gasteiger partial charge in [-0.1, -0.05) is 45.4 Å². The highest BCUT2D eigenvalue weighted by Crippen LogP contribution is 2.36. The lowest BCUT2D eigenvalue weighted by Crippen LogP contribution is -2.44. The predicted octanol–water partition coefficient (Wildman–Crippen LogP) is 5.37. The Morgan fingerprint density at radius 3 is 2.50 bits per heavy atom. The quantitative estimate of drug-likeness (QED) is 0.330. The lowest BCUT2D eigenvalue weighted by molar-refractivity contribution is 0.0602. The number of nitrogens with two attached hydrogens (primary N) is 1. The first-order chi connectivity index (χ1) is 17.3. The summed E-state index contributed by atoms with van der Waals surface area (Å²) in [6.07, 6.45) is 8.69. The number of carbonyl (C=O) groups is 1. The van der Waals surface area contributed by atoms with Crippen molar-refractivity contribution in [2.45, 2.75) is 78.2 Å². The van der Waals surface area contributed by atoms with Gasteiger partial charge in [0.15, 0.2) is 0 Å². The van der Waals surface area contributed by atoms with E-state index in [2.05, 4.69) is 26.1 Å². The Balaban J connectivity index is 0.000000384. The third-order valence-electron chi connectivity index (χ3n) is 6.54. The maximum Gasteiger partial charge on any atom is 0.314 e. The molecule has 1 saturated heterocycles. The third-order valence-corrected chi connectivity index (χ3v) is 6.54. The molecular formula is C29H53N3O4. The van der Waals surface area contributed by atoms with Crippen molar-refractivity contribution >= 4 is 6.03 Å². The minimum atomic E-state index is -0.627. The van der Waals surface area contributed by atoms with E-state index >= 15 is 0 Å². The molecule has 2 aliphatic rings. The number of ether oxygens (including phenoxy) is 2. The molecule has 3 rings (SSSR count). The second kappa shape index (κ2) is 19.3. The van der Waals surface area contributed by atoms with Gasteiger partial charge >= 0.3 is 6.03 Å². The number of aliphatic hydroxyl groups excluding tert-OH is 1. The third kappa shape index (κ3) is 14.0. The fourth-order valence-electron chi connectivity index (χ4n) is 4.05. The normalized spacial score (nSPS) is 18.0. The standard InChI is InChI=1S/C17H24N2O3.C7H17N.C5H12O/c18-17(21)19-9-3-4-13(10-19)16(20)14-5-1-2-6-15(14)22-11-12-7-8-12;1-7(2)5-4-6-8-3;1-3-4-5-6-2/h1-2,5-6,12-13,16,20H,3-4,7-11H2,(H2,18,21);7-8H,4-6H2,1-3H3;3-5H2,1-2H3. The largest absolute Gasteiger partial charge is 0.493 e. The molecule has 208 valence electrons. The molecule has 36 heavy (non-hydrogen) atoms. The molecule has 4 N–H and O–H groups in total. The summed E-state index contributed by atoms with van der Waals surface area (Å²) in [5, 5.41) is 13.9. The molecule has 1 heterocycles. The molecule has 1 saturated carbocycles. The van der Waals surface area contributed by atoms with E-state index in [1.54, 1.807) is 12.0 Å². The number of carbonyl (C=O) groups excluding carboxylic acids is 1. The van der Waals surface area contributed by atoms with Gasteiger partial charge in [-0.25, -0.2) is 4.79 Å². The minimum Gasteiger partial charge on any atom is -0.493 e. The van der Waals surface area contributed by atoms with Gasteiger partial charge < -0.3 is 30.5 Å². The van der Waals surface area contributed by atoms with Gasteiger partial charge in [-0.15, -0.1) is 0 Å². The van der Waals surface area contributed by atoms with Crippen LogP contribution in [-0.4, -0.2) is 63.0 Å². The first-order valence-corrected chi connectivity index (χ1v) is 13.9. The lowest BCUT2D eigenvalue weighted by Gasteiger charge is -2.34. The Hall–Kier alpha value is -1.83.